The standard InChI is InChI=1S/C20H32N2O/c1-16-3-2-4-19(13-16)21-14-17-5-7-20(8-6-17)22-11-9-18(15-23)10-12-22/h5-8,16,18-19,21,23H,2-4,9-15H2,1H3. The molecule has 0 spiro atoms. The lowest BCUT2D eigenvalue weighted by molar-refractivity contribution is 0.203. The lowest BCUT2D eigenvalue weighted by atomic mass is 9.87. The molecule has 2 atom stereocenters. The van der Waals surface area contributed by atoms with Gasteiger partial charge in [-0.15, -0.1) is 0 Å². The number of benzene rings is 1. The highest BCUT2D eigenvalue weighted by Gasteiger charge is 2.19. The van der Waals surface area contributed by atoms with E-state index in [1.54, 1.807) is 0 Å². The third-order valence-electron chi connectivity index (χ3n) is 5.71. The molecule has 3 nitrogen and oxygen atoms in total. The van der Waals surface area contributed by atoms with Gasteiger partial charge in [-0.3, -0.25) is 0 Å². The molecule has 0 aromatic heterocycles. The summed E-state index contributed by atoms with van der Waals surface area (Å²) in [5, 5.41) is 13.0. The molecule has 0 amide bonds. The van der Waals surface area contributed by atoms with Crippen molar-refractivity contribution in [2.24, 2.45) is 11.8 Å². The number of hydrogen-bond donors (Lipinski definition) is 2. The Morgan fingerprint density at radius 2 is 1.83 bits per heavy atom. The second-order valence-electron chi connectivity index (χ2n) is 7.63. The van der Waals surface area contributed by atoms with E-state index in [0.29, 0.717) is 18.6 Å². The van der Waals surface area contributed by atoms with Crippen LogP contribution in [0.1, 0.15) is 51.0 Å². The van der Waals surface area contributed by atoms with Gasteiger partial charge < -0.3 is 15.3 Å². The molecule has 1 aliphatic carbocycles. The Labute approximate surface area is 141 Å². The van der Waals surface area contributed by atoms with E-state index in [4.69, 9.17) is 0 Å². The van der Waals surface area contributed by atoms with Gasteiger partial charge in [-0.25, -0.2) is 0 Å². The molecule has 1 saturated heterocycles. The summed E-state index contributed by atoms with van der Waals surface area (Å²) in [4.78, 5) is 2.45. The van der Waals surface area contributed by atoms with Gasteiger partial charge in [0.25, 0.3) is 0 Å². The van der Waals surface area contributed by atoms with E-state index in [9.17, 15) is 5.11 Å². The number of piperidine rings is 1. The largest absolute Gasteiger partial charge is 0.396 e. The van der Waals surface area contributed by atoms with Crippen LogP contribution in [0.3, 0.4) is 0 Å². The van der Waals surface area contributed by atoms with Crippen LogP contribution in [0, 0.1) is 11.8 Å². The highest BCUT2D eigenvalue weighted by atomic mass is 16.3. The van der Waals surface area contributed by atoms with Crippen LogP contribution < -0.4 is 10.2 Å². The number of rotatable bonds is 5. The molecule has 1 aromatic carbocycles. The normalized spacial score (nSPS) is 26.4. The van der Waals surface area contributed by atoms with Crippen molar-refractivity contribution >= 4 is 5.69 Å². The molecular weight excluding hydrogens is 284 g/mol. The lowest BCUT2D eigenvalue weighted by Gasteiger charge is -2.33. The second kappa shape index (κ2) is 8.16. The van der Waals surface area contributed by atoms with Gasteiger partial charge in [0.15, 0.2) is 0 Å². The third-order valence-corrected chi connectivity index (χ3v) is 5.71. The van der Waals surface area contributed by atoms with E-state index in [2.05, 4.69) is 41.4 Å². The molecule has 2 aliphatic rings. The first kappa shape index (κ1) is 16.8. The first-order chi connectivity index (χ1) is 11.2. The van der Waals surface area contributed by atoms with Crippen molar-refractivity contribution in [2.45, 2.75) is 58.0 Å². The van der Waals surface area contributed by atoms with Crippen LogP contribution in [-0.4, -0.2) is 30.8 Å². The SMILES string of the molecule is CC1CCCC(NCc2ccc(N3CCC(CO)CC3)cc2)C1. The first-order valence-corrected chi connectivity index (χ1v) is 9.42. The highest BCUT2D eigenvalue weighted by Crippen LogP contribution is 2.25. The Morgan fingerprint density at radius 3 is 2.48 bits per heavy atom. The molecule has 1 heterocycles. The van der Waals surface area contributed by atoms with Gasteiger partial charge >= 0.3 is 0 Å². The number of hydrogen-bond acceptors (Lipinski definition) is 3. The molecule has 2 fully saturated rings. The van der Waals surface area contributed by atoms with Gasteiger partial charge in [0, 0.05) is 38.0 Å². The summed E-state index contributed by atoms with van der Waals surface area (Å²) >= 11 is 0. The smallest absolute Gasteiger partial charge is 0.0460 e. The zero-order valence-corrected chi connectivity index (χ0v) is 14.5. The average Bonchev–Trinajstić information content (AvgIpc) is 2.61. The molecule has 0 bridgehead atoms. The van der Waals surface area contributed by atoms with E-state index in [1.807, 2.05) is 0 Å². The molecule has 3 heteroatoms. The summed E-state index contributed by atoms with van der Waals surface area (Å²) in [5.41, 5.74) is 2.72. The Balaban J connectivity index is 1.47. The number of nitrogens with one attached hydrogen (secondary N) is 1. The first-order valence-electron chi connectivity index (χ1n) is 9.42. The average molecular weight is 316 g/mol. The fourth-order valence-corrected chi connectivity index (χ4v) is 4.08. The summed E-state index contributed by atoms with van der Waals surface area (Å²) in [6, 6.07) is 9.77. The zero-order valence-electron chi connectivity index (χ0n) is 14.5. The Morgan fingerprint density at radius 1 is 1.09 bits per heavy atom. The van der Waals surface area contributed by atoms with Crippen molar-refractivity contribution in [1.29, 1.82) is 0 Å². The highest BCUT2D eigenvalue weighted by molar-refractivity contribution is 5.48. The van der Waals surface area contributed by atoms with Crippen molar-refractivity contribution < 1.29 is 5.11 Å². The summed E-state index contributed by atoms with van der Waals surface area (Å²) in [6.45, 7) is 5.86. The number of aliphatic hydroxyl groups excluding tert-OH is 1. The Hall–Kier alpha value is -1.06. The van der Waals surface area contributed by atoms with Crippen molar-refractivity contribution in [2.75, 3.05) is 24.6 Å². The maximum Gasteiger partial charge on any atom is 0.0460 e. The molecule has 1 saturated carbocycles. The fraction of sp³-hybridized carbons (Fsp3) is 0.700. The van der Waals surface area contributed by atoms with Crippen LogP contribution in [0.5, 0.6) is 0 Å². The van der Waals surface area contributed by atoms with E-state index in [1.165, 1.54) is 36.9 Å². The second-order valence-corrected chi connectivity index (χ2v) is 7.63. The van der Waals surface area contributed by atoms with Crippen LogP contribution in [0.4, 0.5) is 5.69 Å². The lowest BCUT2D eigenvalue weighted by Crippen LogP contribution is -2.34. The van der Waals surface area contributed by atoms with Gasteiger partial charge in [0.2, 0.25) is 0 Å². The summed E-state index contributed by atoms with van der Waals surface area (Å²) in [5.74, 6) is 1.39. The summed E-state index contributed by atoms with van der Waals surface area (Å²) < 4.78 is 0. The molecule has 1 aromatic rings. The van der Waals surface area contributed by atoms with Crippen LogP contribution in [0.25, 0.3) is 0 Å². The monoisotopic (exact) mass is 316 g/mol. The number of aliphatic hydroxyl groups is 1. The maximum atomic E-state index is 9.24. The summed E-state index contributed by atoms with van der Waals surface area (Å²) in [6.07, 6.45) is 7.67. The molecule has 1 aliphatic heterocycles. The topological polar surface area (TPSA) is 35.5 Å². The molecule has 2 unspecified atom stereocenters. The van der Waals surface area contributed by atoms with Crippen molar-refractivity contribution in [3.63, 3.8) is 0 Å². The van der Waals surface area contributed by atoms with Crippen LogP contribution in [0.2, 0.25) is 0 Å². The minimum absolute atomic E-state index is 0.345. The molecular formula is C20H32N2O. The van der Waals surface area contributed by atoms with Crippen LogP contribution >= 0.6 is 0 Å². The minimum atomic E-state index is 0.345. The van der Waals surface area contributed by atoms with Gasteiger partial charge in [-0.05, 0) is 55.2 Å². The van der Waals surface area contributed by atoms with Crippen LogP contribution in [-0.2, 0) is 6.54 Å². The predicted molar refractivity (Wildman–Crippen MR) is 96.7 cm³/mol. The Bertz CT molecular complexity index is 465. The van der Waals surface area contributed by atoms with E-state index in [-0.39, 0.29) is 0 Å². The zero-order chi connectivity index (χ0) is 16.1. The van der Waals surface area contributed by atoms with Crippen molar-refractivity contribution in [3.8, 4) is 0 Å². The minimum Gasteiger partial charge on any atom is -0.396 e. The van der Waals surface area contributed by atoms with E-state index >= 15 is 0 Å². The molecule has 3 rings (SSSR count). The summed E-state index contributed by atoms with van der Waals surface area (Å²) in [7, 11) is 0. The van der Waals surface area contributed by atoms with Gasteiger partial charge in [0.1, 0.15) is 0 Å². The predicted octanol–water partition coefficient (Wildman–Crippen LogP) is 3.56. The Kier molecular flexibility index (Phi) is 5.96. The van der Waals surface area contributed by atoms with Crippen molar-refractivity contribution in [1.82, 2.24) is 5.32 Å². The fourth-order valence-electron chi connectivity index (χ4n) is 4.08. The quantitative estimate of drug-likeness (QED) is 0.872. The van der Waals surface area contributed by atoms with Gasteiger partial charge in [-0.1, -0.05) is 31.9 Å². The van der Waals surface area contributed by atoms with Crippen molar-refractivity contribution in [3.05, 3.63) is 29.8 Å². The van der Waals surface area contributed by atoms with Gasteiger partial charge in [0.05, 0.1) is 0 Å². The van der Waals surface area contributed by atoms with Gasteiger partial charge in [-0.2, -0.15) is 0 Å². The maximum absolute atomic E-state index is 9.24. The third kappa shape index (κ3) is 4.71. The van der Waals surface area contributed by atoms with Crippen LogP contribution in [0.15, 0.2) is 24.3 Å². The molecule has 128 valence electrons. The molecule has 2 N–H and O–H groups in total. The number of nitrogens with zero attached hydrogens (tertiary/aromatic N) is 1. The number of anilines is 1. The van der Waals surface area contributed by atoms with E-state index in [0.717, 1.165) is 38.4 Å². The van der Waals surface area contributed by atoms with E-state index < -0.39 is 0 Å². The molecule has 0 radical (unpaired) electrons. The molecule has 23 heavy (non-hydrogen) atoms.